The molecule has 0 radical (unpaired) electrons. The van der Waals surface area contributed by atoms with E-state index >= 15 is 0 Å². The zero-order chi connectivity index (χ0) is 12.7. The standard InChI is InChI=1S/C12H13NO5/c14-9-2-6(3-10-11(9)18-5-17-10)8-1-7(4-13-8)12(15)16/h2-3,7-8,13-14H,1,4-5H2,(H,15,16). The zero-order valence-corrected chi connectivity index (χ0v) is 9.55. The van der Waals surface area contributed by atoms with Crippen molar-refractivity contribution < 1.29 is 24.5 Å². The Morgan fingerprint density at radius 2 is 2.22 bits per heavy atom. The summed E-state index contributed by atoms with van der Waals surface area (Å²) in [5, 5.41) is 21.9. The number of ether oxygens (including phenoxy) is 2. The number of carboxylic acids is 1. The Balaban J connectivity index is 1.86. The average Bonchev–Trinajstić information content (AvgIpc) is 2.97. The minimum absolute atomic E-state index is 0.0283. The van der Waals surface area contributed by atoms with Gasteiger partial charge in [-0.3, -0.25) is 4.79 Å². The zero-order valence-electron chi connectivity index (χ0n) is 9.55. The van der Waals surface area contributed by atoms with E-state index in [-0.39, 0.29) is 24.5 Å². The van der Waals surface area contributed by atoms with Crippen molar-refractivity contribution >= 4 is 5.97 Å². The van der Waals surface area contributed by atoms with Crippen molar-refractivity contribution in [2.24, 2.45) is 5.92 Å². The maximum absolute atomic E-state index is 10.9. The monoisotopic (exact) mass is 251 g/mol. The summed E-state index contributed by atoms with van der Waals surface area (Å²) >= 11 is 0. The highest BCUT2D eigenvalue weighted by molar-refractivity contribution is 5.71. The SMILES string of the molecule is O=C(O)C1CNC(c2cc(O)c3c(c2)OCO3)C1. The number of aliphatic carboxylic acids is 1. The third-order valence-corrected chi connectivity index (χ3v) is 3.36. The molecule has 18 heavy (non-hydrogen) atoms. The van der Waals surface area contributed by atoms with Crippen LogP contribution in [0.15, 0.2) is 12.1 Å². The number of benzene rings is 1. The second kappa shape index (κ2) is 4.06. The van der Waals surface area contributed by atoms with Gasteiger partial charge in [0, 0.05) is 12.6 Å². The number of nitrogens with one attached hydrogen (secondary N) is 1. The highest BCUT2D eigenvalue weighted by Gasteiger charge is 2.31. The van der Waals surface area contributed by atoms with E-state index in [4.69, 9.17) is 14.6 Å². The van der Waals surface area contributed by atoms with Crippen molar-refractivity contribution in [3.05, 3.63) is 17.7 Å². The number of phenolic OH excluding ortho intramolecular Hbond substituents is 1. The Bertz CT molecular complexity index is 501. The number of rotatable bonds is 2. The van der Waals surface area contributed by atoms with Crippen molar-refractivity contribution in [2.45, 2.75) is 12.5 Å². The molecule has 6 heteroatoms. The lowest BCUT2D eigenvalue weighted by Gasteiger charge is -2.12. The first-order chi connectivity index (χ1) is 8.65. The lowest BCUT2D eigenvalue weighted by atomic mass is 9.99. The van der Waals surface area contributed by atoms with Gasteiger partial charge in [0.05, 0.1) is 5.92 Å². The summed E-state index contributed by atoms with van der Waals surface area (Å²) < 4.78 is 10.3. The van der Waals surface area contributed by atoms with Crippen LogP contribution in [0.2, 0.25) is 0 Å². The van der Waals surface area contributed by atoms with Crippen molar-refractivity contribution in [1.82, 2.24) is 5.32 Å². The second-order valence-corrected chi connectivity index (χ2v) is 4.51. The van der Waals surface area contributed by atoms with E-state index in [0.717, 1.165) is 5.56 Å². The highest BCUT2D eigenvalue weighted by atomic mass is 16.7. The van der Waals surface area contributed by atoms with Crippen LogP contribution in [0.25, 0.3) is 0 Å². The highest BCUT2D eigenvalue weighted by Crippen LogP contribution is 2.43. The number of carbonyl (C=O) groups is 1. The van der Waals surface area contributed by atoms with Gasteiger partial charge < -0.3 is 25.0 Å². The summed E-state index contributed by atoms with van der Waals surface area (Å²) in [4.78, 5) is 10.9. The fraction of sp³-hybridized carbons (Fsp3) is 0.417. The van der Waals surface area contributed by atoms with Crippen molar-refractivity contribution in [3.63, 3.8) is 0 Å². The number of hydrogen-bond acceptors (Lipinski definition) is 5. The Morgan fingerprint density at radius 3 is 2.94 bits per heavy atom. The number of fused-ring (bicyclic) bond motifs is 1. The molecule has 2 aliphatic heterocycles. The van der Waals surface area contributed by atoms with Gasteiger partial charge in [0.2, 0.25) is 12.5 Å². The van der Waals surface area contributed by atoms with Crippen LogP contribution >= 0.6 is 0 Å². The van der Waals surface area contributed by atoms with Crippen LogP contribution in [0.3, 0.4) is 0 Å². The molecule has 96 valence electrons. The minimum atomic E-state index is -0.796. The molecule has 0 saturated carbocycles. The molecule has 0 bridgehead atoms. The fourth-order valence-corrected chi connectivity index (χ4v) is 2.39. The molecule has 3 rings (SSSR count). The second-order valence-electron chi connectivity index (χ2n) is 4.51. The molecule has 0 aliphatic carbocycles. The molecular weight excluding hydrogens is 238 g/mol. The first-order valence-electron chi connectivity index (χ1n) is 5.74. The van der Waals surface area contributed by atoms with Gasteiger partial charge in [-0.25, -0.2) is 0 Å². The molecule has 1 saturated heterocycles. The Hall–Kier alpha value is -1.95. The van der Waals surface area contributed by atoms with Crippen molar-refractivity contribution in [2.75, 3.05) is 13.3 Å². The van der Waals surface area contributed by atoms with E-state index < -0.39 is 5.97 Å². The van der Waals surface area contributed by atoms with Crippen LogP contribution in [0, 0.1) is 5.92 Å². The molecule has 0 aromatic heterocycles. The van der Waals surface area contributed by atoms with E-state index in [9.17, 15) is 9.90 Å². The topological polar surface area (TPSA) is 88.0 Å². The van der Waals surface area contributed by atoms with Gasteiger partial charge in [0.15, 0.2) is 11.5 Å². The molecule has 0 spiro atoms. The first kappa shape index (κ1) is 11.2. The van der Waals surface area contributed by atoms with E-state index in [1.54, 1.807) is 12.1 Å². The Kier molecular flexibility index (Phi) is 2.52. The quantitative estimate of drug-likeness (QED) is 0.722. The largest absolute Gasteiger partial charge is 0.504 e. The average molecular weight is 251 g/mol. The van der Waals surface area contributed by atoms with Gasteiger partial charge in [-0.05, 0) is 24.1 Å². The predicted octanol–water partition coefficient (Wildman–Crippen LogP) is 0.856. The van der Waals surface area contributed by atoms with E-state index in [0.29, 0.717) is 24.5 Å². The molecule has 2 atom stereocenters. The van der Waals surface area contributed by atoms with Gasteiger partial charge in [0.1, 0.15) is 0 Å². The maximum atomic E-state index is 10.9. The minimum Gasteiger partial charge on any atom is -0.504 e. The van der Waals surface area contributed by atoms with Gasteiger partial charge >= 0.3 is 5.97 Å². The molecule has 2 heterocycles. The molecule has 6 nitrogen and oxygen atoms in total. The summed E-state index contributed by atoms with van der Waals surface area (Å²) in [5.41, 5.74) is 0.820. The molecule has 2 aliphatic rings. The van der Waals surface area contributed by atoms with Gasteiger partial charge in [-0.15, -0.1) is 0 Å². The number of phenols is 1. The van der Waals surface area contributed by atoms with Crippen molar-refractivity contribution in [3.8, 4) is 17.2 Å². The summed E-state index contributed by atoms with van der Waals surface area (Å²) in [6, 6.07) is 3.30. The van der Waals surface area contributed by atoms with Gasteiger partial charge in [-0.2, -0.15) is 0 Å². The summed E-state index contributed by atoms with van der Waals surface area (Å²) in [6.07, 6.45) is 0.508. The predicted molar refractivity (Wildman–Crippen MR) is 60.7 cm³/mol. The maximum Gasteiger partial charge on any atom is 0.307 e. The Labute approximate surface area is 103 Å². The normalized spacial score (nSPS) is 25.3. The summed E-state index contributed by atoms with van der Waals surface area (Å²) in [7, 11) is 0. The fourth-order valence-electron chi connectivity index (χ4n) is 2.39. The molecule has 0 amide bonds. The molecule has 2 unspecified atom stereocenters. The summed E-state index contributed by atoms with van der Waals surface area (Å²) in [5.74, 6) is -0.296. The van der Waals surface area contributed by atoms with Crippen molar-refractivity contribution in [1.29, 1.82) is 0 Å². The third-order valence-electron chi connectivity index (χ3n) is 3.36. The van der Waals surface area contributed by atoms with Gasteiger partial charge in [0.25, 0.3) is 0 Å². The van der Waals surface area contributed by atoms with E-state index in [1.807, 2.05) is 0 Å². The molecule has 1 fully saturated rings. The lowest BCUT2D eigenvalue weighted by Crippen LogP contribution is -2.17. The Morgan fingerprint density at radius 1 is 1.39 bits per heavy atom. The van der Waals surface area contributed by atoms with Gasteiger partial charge in [-0.1, -0.05) is 0 Å². The number of hydrogen-bond donors (Lipinski definition) is 3. The smallest absolute Gasteiger partial charge is 0.307 e. The van der Waals surface area contributed by atoms with Crippen LogP contribution in [0.4, 0.5) is 0 Å². The first-order valence-corrected chi connectivity index (χ1v) is 5.74. The van der Waals surface area contributed by atoms with Crippen LogP contribution in [0.1, 0.15) is 18.0 Å². The van der Waals surface area contributed by atoms with Crippen LogP contribution in [-0.2, 0) is 4.79 Å². The van der Waals surface area contributed by atoms with Crippen LogP contribution in [-0.4, -0.2) is 29.5 Å². The van der Waals surface area contributed by atoms with E-state index in [1.165, 1.54) is 0 Å². The molecule has 1 aromatic carbocycles. The number of carboxylic acid groups (broad SMARTS) is 1. The molecular formula is C12H13NO5. The number of aromatic hydroxyl groups is 1. The van der Waals surface area contributed by atoms with Crippen LogP contribution in [0.5, 0.6) is 17.2 Å². The third kappa shape index (κ3) is 1.74. The van der Waals surface area contributed by atoms with Crippen LogP contribution < -0.4 is 14.8 Å². The van der Waals surface area contributed by atoms with E-state index in [2.05, 4.69) is 5.32 Å². The lowest BCUT2D eigenvalue weighted by molar-refractivity contribution is -0.141. The molecule has 3 N–H and O–H groups in total. The summed E-state index contributed by atoms with van der Waals surface area (Å²) in [6.45, 7) is 0.539. The molecule has 1 aromatic rings.